The van der Waals surface area contributed by atoms with Crippen LogP contribution in [0.25, 0.3) is 16.6 Å². The summed E-state index contributed by atoms with van der Waals surface area (Å²) in [5.41, 5.74) is 1.28. The number of nitrogens with two attached hydrogens (primary N) is 1. The summed E-state index contributed by atoms with van der Waals surface area (Å²) in [5.74, 6) is 8.10. The molecule has 0 amide bonds. The Morgan fingerprint density at radius 1 is 1.27 bits per heavy atom. The van der Waals surface area contributed by atoms with Crippen molar-refractivity contribution in [1.82, 2.24) is 9.55 Å². The molecule has 0 aliphatic carbocycles. The van der Waals surface area contributed by atoms with Gasteiger partial charge in [0, 0.05) is 18.2 Å². The lowest BCUT2D eigenvalue weighted by molar-refractivity contribution is 0.620. The zero-order valence-electron chi connectivity index (χ0n) is 13.8. The molecule has 0 fully saturated rings. The molecule has 0 saturated carbocycles. The second-order valence-electron chi connectivity index (χ2n) is 5.49. The highest BCUT2D eigenvalue weighted by Gasteiger charge is 2.21. The highest BCUT2D eigenvalue weighted by atomic mass is 16.1. The second kappa shape index (κ2) is 7.40. The predicted molar refractivity (Wildman–Crippen MR) is 100 cm³/mol. The van der Waals surface area contributed by atoms with Gasteiger partial charge in [-0.1, -0.05) is 35.6 Å². The lowest BCUT2D eigenvalue weighted by Gasteiger charge is -2.17. The number of aromatic nitrogens is 2. The van der Waals surface area contributed by atoms with E-state index in [4.69, 9.17) is 17.7 Å². The molecular weight excluding hydrogens is 328 g/mol. The van der Waals surface area contributed by atoms with Gasteiger partial charge in [-0.25, -0.2) is 4.98 Å². The number of benzene rings is 2. The maximum Gasteiger partial charge on any atom is 0.266 e. The molecular formula is C19H16N6O. The van der Waals surface area contributed by atoms with Crippen LogP contribution in [0.4, 0.5) is 0 Å². The molecule has 3 rings (SSSR count). The minimum absolute atomic E-state index is 0.190. The summed E-state index contributed by atoms with van der Waals surface area (Å²) in [7, 11) is 0. The molecule has 1 aromatic heterocycles. The summed E-state index contributed by atoms with van der Waals surface area (Å²) in [6.07, 6.45) is 6.77. The fourth-order valence-corrected chi connectivity index (χ4v) is 2.82. The first-order chi connectivity index (χ1) is 12.7. The van der Waals surface area contributed by atoms with Crippen LogP contribution in [0.2, 0.25) is 0 Å². The average Bonchev–Trinajstić information content (AvgIpc) is 2.67. The van der Waals surface area contributed by atoms with Crippen molar-refractivity contribution in [1.29, 1.82) is 5.41 Å². The third kappa shape index (κ3) is 2.96. The van der Waals surface area contributed by atoms with Crippen LogP contribution in [-0.4, -0.2) is 15.8 Å². The molecule has 0 aliphatic heterocycles. The van der Waals surface area contributed by atoms with E-state index >= 15 is 0 Å². The quantitative estimate of drug-likeness (QED) is 0.244. The first kappa shape index (κ1) is 17.0. The summed E-state index contributed by atoms with van der Waals surface area (Å²) >= 11 is 0. The number of nitrogens with zero attached hydrogens (tertiary/aromatic N) is 4. The van der Waals surface area contributed by atoms with Gasteiger partial charge in [-0.3, -0.25) is 9.36 Å². The van der Waals surface area contributed by atoms with Crippen LogP contribution >= 0.6 is 0 Å². The van der Waals surface area contributed by atoms with Gasteiger partial charge in [0.15, 0.2) is 0 Å². The Balaban J connectivity index is 2.45. The van der Waals surface area contributed by atoms with Crippen molar-refractivity contribution in [2.75, 3.05) is 0 Å². The third-order valence-electron chi connectivity index (χ3n) is 3.94. The van der Waals surface area contributed by atoms with Gasteiger partial charge >= 0.3 is 0 Å². The van der Waals surface area contributed by atoms with Gasteiger partial charge in [-0.15, -0.1) is 12.3 Å². The maximum absolute atomic E-state index is 13.3. The zero-order valence-corrected chi connectivity index (χ0v) is 13.8. The number of para-hydroxylation sites is 1. The van der Waals surface area contributed by atoms with Gasteiger partial charge in [-0.2, -0.15) is 5.11 Å². The minimum atomic E-state index is -0.661. The average molecular weight is 344 g/mol. The molecule has 2 aromatic carbocycles. The molecule has 3 aromatic rings. The van der Waals surface area contributed by atoms with E-state index in [0.717, 1.165) is 6.21 Å². The van der Waals surface area contributed by atoms with Crippen LogP contribution in [0.3, 0.4) is 0 Å². The fourth-order valence-electron chi connectivity index (χ4n) is 2.82. The number of terminal acetylenes is 1. The predicted octanol–water partition coefficient (Wildman–Crippen LogP) is 2.77. The maximum atomic E-state index is 13.3. The van der Waals surface area contributed by atoms with Gasteiger partial charge in [-0.05, 0) is 18.2 Å². The van der Waals surface area contributed by atoms with Crippen molar-refractivity contribution in [3.05, 3.63) is 70.3 Å². The molecule has 0 saturated heterocycles. The Labute approximate surface area is 149 Å². The van der Waals surface area contributed by atoms with Gasteiger partial charge in [0.1, 0.15) is 11.9 Å². The number of nitrogens with one attached hydrogen (secondary N) is 1. The SMILES string of the molecule is C#CCC(N=NN)c1nc2cccc(C=N)c2c(=O)n1-c1ccccc1. The smallest absolute Gasteiger partial charge is 0.266 e. The van der Waals surface area contributed by atoms with Crippen molar-refractivity contribution < 1.29 is 0 Å². The molecule has 3 N–H and O–H groups in total. The standard InChI is InChI=1S/C19H16N6O/c1-2-7-16(23-24-21)18-22-15-11-6-8-13(12-20)17(15)19(26)25(18)14-9-4-3-5-10-14/h1,3-6,8-12,16,20H,7H2,(H2,21,23). The molecule has 0 aliphatic rings. The Morgan fingerprint density at radius 2 is 2.04 bits per heavy atom. The highest BCUT2D eigenvalue weighted by Crippen LogP contribution is 2.24. The number of fused-ring (bicyclic) bond motifs is 1. The van der Waals surface area contributed by atoms with Crippen molar-refractivity contribution >= 4 is 17.1 Å². The Bertz CT molecular complexity index is 1080. The lowest BCUT2D eigenvalue weighted by Crippen LogP contribution is -2.26. The van der Waals surface area contributed by atoms with Crippen LogP contribution in [-0.2, 0) is 0 Å². The van der Waals surface area contributed by atoms with E-state index < -0.39 is 6.04 Å². The van der Waals surface area contributed by atoms with Gasteiger partial charge in [0.25, 0.3) is 5.56 Å². The molecule has 0 spiro atoms. The van der Waals surface area contributed by atoms with Gasteiger partial charge in [0.2, 0.25) is 0 Å². The number of hydrogen-bond acceptors (Lipinski definition) is 5. The van der Waals surface area contributed by atoms with Crippen molar-refractivity contribution in [3.8, 4) is 18.0 Å². The normalized spacial score (nSPS) is 12.1. The summed E-state index contributed by atoms with van der Waals surface area (Å²) in [6.45, 7) is 0. The third-order valence-corrected chi connectivity index (χ3v) is 3.94. The minimum Gasteiger partial charge on any atom is -0.308 e. The monoisotopic (exact) mass is 344 g/mol. The molecule has 7 nitrogen and oxygen atoms in total. The molecule has 1 unspecified atom stereocenters. The number of hydrogen-bond donors (Lipinski definition) is 2. The summed E-state index contributed by atoms with van der Waals surface area (Å²) in [4.78, 5) is 17.9. The molecule has 7 heteroatoms. The van der Waals surface area contributed by atoms with E-state index in [1.54, 1.807) is 30.3 Å². The van der Waals surface area contributed by atoms with E-state index in [1.165, 1.54) is 4.57 Å². The van der Waals surface area contributed by atoms with Gasteiger partial charge in [0.05, 0.1) is 16.6 Å². The van der Waals surface area contributed by atoms with Crippen LogP contribution in [0.5, 0.6) is 0 Å². The lowest BCUT2D eigenvalue weighted by atomic mass is 10.1. The van der Waals surface area contributed by atoms with E-state index in [9.17, 15) is 4.79 Å². The van der Waals surface area contributed by atoms with Crippen LogP contribution in [0, 0.1) is 17.8 Å². The largest absolute Gasteiger partial charge is 0.308 e. The molecule has 26 heavy (non-hydrogen) atoms. The fraction of sp³-hybridized carbons (Fsp3) is 0.105. The topological polar surface area (TPSA) is 109 Å². The number of rotatable bonds is 5. The summed E-state index contributed by atoms with van der Waals surface area (Å²) in [5, 5.41) is 15.3. The van der Waals surface area contributed by atoms with Crippen molar-refractivity contribution in [2.45, 2.75) is 12.5 Å². The Morgan fingerprint density at radius 3 is 2.69 bits per heavy atom. The molecule has 0 bridgehead atoms. The van der Waals surface area contributed by atoms with Gasteiger partial charge < -0.3 is 11.3 Å². The zero-order chi connectivity index (χ0) is 18.5. The van der Waals surface area contributed by atoms with Crippen LogP contribution in [0.1, 0.15) is 23.9 Å². The van der Waals surface area contributed by atoms with Crippen molar-refractivity contribution in [2.24, 2.45) is 16.2 Å². The molecule has 0 radical (unpaired) electrons. The Kier molecular flexibility index (Phi) is 4.85. The molecule has 1 atom stereocenters. The van der Waals surface area contributed by atoms with Crippen molar-refractivity contribution in [3.63, 3.8) is 0 Å². The van der Waals surface area contributed by atoms with Crippen LogP contribution < -0.4 is 11.4 Å². The van der Waals surface area contributed by atoms with E-state index in [-0.39, 0.29) is 12.0 Å². The summed E-state index contributed by atoms with van der Waals surface area (Å²) < 4.78 is 1.45. The van der Waals surface area contributed by atoms with Crippen LogP contribution in [0.15, 0.2) is 63.7 Å². The molecule has 1 heterocycles. The highest BCUT2D eigenvalue weighted by molar-refractivity contribution is 5.96. The second-order valence-corrected chi connectivity index (χ2v) is 5.49. The summed E-state index contributed by atoms with van der Waals surface area (Å²) in [6, 6.07) is 13.6. The first-order valence-corrected chi connectivity index (χ1v) is 7.86. The Hall–Kier alpha value is -3.79. The van der Waals surface area contributed by atoms with E-state index in [2.05, 4.69) is 21.2 Å². The first-order valence-electron chi connectivity index (χ1n) is 7.86. The molecule has 128 valence electrons. The van der Waals surface area contributed by atoms with E-state index in [0.29, 0.717) is 28.0 Å². The van der Waals surface area contributed by atoms with E-state index in [1.807, 2.05) is 18.2 Å².